The van der Waals surface area contributed by atoms with Gasteiger partial charge in [-0.05, 0) is 46.8 Å². The number of nitrogens with one attached hydrogen (secondary N) is 1. The Kier molecular flexibility index (Phi) is 4.22. The van der Waals surface area contributed by atoms with Gasteiger partial charge in [0.15, 0.2) is 0 Å². The van der Waals surface area contributed by atoms with Gasteiger partial charge in [0.2, 0.25) is 0 Å². The van der Waals surface area contributed by atoms with Gasteiger partial charge < -0.3 is 5.32 Å². The zero-order valence-electron chi connectivity index (χ0n) is 9.80. The molecule has 16 heavy (non-hydrogen) atoms. The Morgan fingerprint density at radius 2 is 2.19 bits per heavy atom. The summed E-state index contributed by atoms with van der Waals surface area (Å²) in [5.41, 5.74) is 1.21. The highest BCUT2D eigenvalue weighted by Gasteiger charge is 2.14. The first-order chi connectivity index (χ1) is 7.75. The Hall–Kier alpha value is -0.570. The second-order valence-electron chi connectivity index (χ2n) is 4.68. The van der Waals surface area contributed by atoms with Gasteiger partial charge in [0.25, 0.3) is 0 Å². The van der Waals surface area contributed by atoms with E-state index in [9.17, 15) is 0 Å². The van der Waals surface area contributed by atoms with E-state index in [2.05, 4.69) is 39.2 Å². The van der Waals surface area contributed by atoms with E-state index in [0.717, 1.165) is 22.8 Å². The summed E-state index contributed by atoms with van der Waals surface area (Å²) in [6, 6.07) is 2.10. The maximum atomic E-state index is 4.38. The molecule has 1 aliphatic rings. The molecule has 1 aliphatic carbocycles. The zero-order valence-corrected chi connectivity index (χ0v) is 11.4. The lowest BCUT2D eigenvalue weighted by molar-refractivity contribution is 0.518. The van der Waals surface area contributed by atoms with E-state index in [1.165, 1.54) is 37.7 Å². The molecule has 0 radical (unpaired) electrons. The van der Waals surface area contributed by atoms with Crippen LogP contribution in [0.15, 0.2) is 16.7 Å². The van der Waals surface area contributed by atoms with E-state index in [1.807, 2.05) is 6.20 Å². The molecule has 0 atom stereocenters. The van der Waals surface area contributed by atoms with Crippen molar-refractivity contribution in [2.75, 3.05) is 11.9 Å². The topological polar surface area (TPSA) is 24.9 Å². The summed E-state index contributed by atoms with van der Waals surface area (Å²) in [5.74, 6) is 1.98. The van der Waals surface area contributed by atoms with Crippen molar-refractivity contribution in [1.29, 1.82) is 0 Å². The van der Waals surface area contributed by atoms with Crippen LogP contribution in [0.5, 0.6) is 0 Å². The third-order valence-corrected chi connectivity index (χ3v) is 3.80. The number of halogens is 1. The third kappa shape index (κ3) is 3.21. The maximum Gasteiger partial charge on any atom is 0.128 e. The number of aromatic nitrogens is 1. The number of anilines is 1. The summed E-state index contributed by atoms with van der Waals surface area (Å²) in [5, 5.41) is 3.44. The van der Waals surface area contributed by atoms with Crippen LogP contribution in [0, 0.1) is 12.8 Å². The smallest absolute Gasteiger partial charge is 0.128 e. The van der Waals surface area contributed by atoms with Gasteiger partial charge >= 0.3 is 0 Å². The third-order valence-electron chi connectivity index (χ3n) is 3.36. The predicted molar refractivity (Wildman–Crippen MR) is 71.7 cm³/mol. The molecule has 0 unspecified atom stereocenters. The molecule has 0 amide bonds. The van der Waals surface area contributed by atoms with Gasteiger partial charge in [-0.3, -0.25) is 0 Å². The molecular weight excluding hydrogens is 264 g/mol. The van der Waals surface area contributed by atoms with Gasteiger partial charge in [-0.25, -0.2) is 4.98 Å². The van der Waals surface area contributed by atoms with E-state index >= 15 is 0 Å². The fourth-order valence-corrected chi connectivity index (χ4v) is 2.87. The summed E-state index contributed by atoms with van der Waals surface area (Å²) >= 11 is 3.43. The highest BCUT2D eigenvalue weighted by atomic mass is 79.9. The van der Waals surface area contributed by atoms with Crippen LogP contribution in [-0.4, -0.2) is 11.5 Å². The SMILES string of the molecule is Cc1cc(Br)cnc1NCCC1CCCC1. The molecule has 1 N–H and O–H groups in total. The first kappa shape index (κ1) is 11.9. The Balaban J connectivity index is 1.80. The number of rotatable bonds is 4. The molecule has 88 valence electrons. The monoisotopic (exact) mass is 282 g/mol. The molecule has 0 aromatic carbocycles. The van der Waals surface area contributed by atoms with Crippen LogP contribution < -0.4 is 5.32 Å². The van der Waals surface area contributed by atoms with Crippen molar-refractivity contribution in [2.45, 2.75) is 39.0 Å². The van der Waals surface area contributed by atoms with Crippen molar-refractivity contribution in [3.8, 4) is 0 Å². The van der Waals surface area contributed by atoms with E-state index in [0.29, 0.717) is 0 Å². The minimum atomic E-state index is 0.947. The van der Waals surface area contributed by atoms with Gasteiger partial charge in [-0.15, -0.1) is 0 Å². The molecule has 2 rings (SSSR count). The molecule has 1 heterocycles. The van der Waals surface area contributed by atoms with Crippen LogP contribution in [-0.2, 0) is 0 Å². The zero-order chi connectivity index (χ0) is 11.4. The Morgan fingerprint density at radius 1 is 1.44 bits per heavy atom. The maximum absolute atomic E-state index is 4.38. The molecule has 2 nitrogen and oxygen atoms in total. The summed E-state index contributed by atoms with van der Waals surface area (Å²) in [6.45, 7) is 3.15. The second-order valence-corrected chi connectivity index (χ2v) is 5.60. The summed E-state index contributed by atoms with van der Waals surface area (Å²) in [4.78, 5) is 4.38. The van der Waals surface area contributed by atoms with Gasteiger partial charge in [0, 0.05) is 17.2 Å². The molecule has 3 heteroatoms. The second kappa shape index (κ2) is 5.67. The van der Waals surface area contributed by atoms with Crippen LogP contribution in [0.1, 0.15) is 37.7 Å². The summed E-state index contributed by atoms with van der Waals surface area (Å²) < 4.78 is 1.05. The van der Waals surface area contributed by atoms with E-state index in [1.54, 1.807) is 0 Å². The quantitative estimate of drug-likeness (QED) is 0.898. The van der Waals surface area contributed by atoms with Crippen molar-refractivity contribution < 1.29 is 0 Å². The van der Waals surface area contributed by atoms with E-state index in [4.69, 9.17) is 0 Å². The Labute approximate surface area is 106 Å². The molecule has 0 aliphatic heterocycles. The lowest BCUT2D eigenvalue weighted by Gasteiger charge is -2.11. The van der Waals surface area contributed by atoms with Crippen LogP contribution in [0.25, 0.3) is 0 Å². The lowest BCUT2D eigenvalue weighted by Crippen LogP contribution is -2.08. The van der Waals surface area contributed by atoms with Crippen LogP contribution in [0.3, 0.4) is 0 Å². The minimum absolute atomic E-state index is 0.947. The highest BCUT2D eigenvalue weighted by molar-refractivity contribution is 9.10. The molecule has 0 saturated heterocycles. The number of nitrogens with zero attached hydrogens (tertiary/aromatic N) is 1. The number of hydrogen-bond acceptors (Lipinski definition) is 2. The average Bonchev–Trinajstić information content (AvgIpc) is 2.74. The van der Waals surface area contributed by atoms with Crippen molar-refractivity contribution >= 4 is 21.7 Å². The lowest BCUT2D eigenvalue weighted by atomic mass is 10.0. The Morgan fingerprint density at radius 3 is 2.88 bits per heavy atom. The van der Waals surface area contributed by atoms with Crippen LogP contribution in [0.2, 0.25) is 0 Å². The molecule has 1 aromatic rings. The van der Waals surface area contributed by atoms with Crippen LogP contribution in [0.4, 0.5) is 5.82 Å². The fourth-order valence-electron chi connectivity index (χ4n) is 2.42. The molecule has 1 saturated carbocycles. The molecule has 0 spiro atoms. The molecular formula is C13H19BrN2. The fraction of sp³-hybridized carbons (Fsp3) is 0.615. The van der Waals surface area contributed by atoms with E-state index < -0.39 is 0 Å². The molecule has 0 bridgehead atoms. The van der Waals surface area contributed by atoms with Crippen molar-refractivity contribution in [1.82, 2.24) is 4.98 Å². The van der Waals surface area contributed by atoms with Gasteiger partial charge in [0.1, 0.15) is 5.82 Å². The van der Waals surface area contributed by atoms with Gasteiger partial charge in [-0.2, -0.15) is 0 Å². The Bertz CT molecular complexity index is 346. The van der Waals surface area contributed by atoms with Crippen molar-refractivity contribution in [3.63, 3.8) is 0 Å². The molecule has 1 fully saturated rings. The first-order valence-corrected chi connectivity index (χ1v) is 6.91. The molecule has 1 aromatic heterocycles. The van der Waals surface area contributed by atoms with Crippen molar-refractivity contribution in [2.24, 2.45) is 5.92 Å². The average molecular weight is 283 g/mol. The number of aryl methyl sites for hydroxylation is 1. The van der Waals surface area contributed by atoms with Gasteiger partial charge in [-0.1, -0.05) is 25.7 Å². The largest absolute Gasteiger partial charge is 0.370 e. The standard InChI is InChI=1S/C13H19BrN2/c1-10-8-12(14)9-16-13(10)15-7-6-11-4-2-3-5-11/h8-9,11H,2-7H2,1H3,(H,15,16). The van der Waals surface area contributed by atoms with Crippen LogP contribution >= 0.6 is 15.9 Å². The first-order valence-electron chi connectivity index (χ1n) is 6.12. The van der Waals surface area contributed by atoms with E-state index in [-0.39, 0.29) is 0 Å². The normalized spacial score (nSPS) is 16.6. The minimum Gasteiger partial charge on any atom is -0.370 e. The summed E-state index contributed by atoms with van der Waals surface area (Å²) in [7, 11) is 0. The predicted octanol–water partition coefficient (Wildman–Crippen LogP) is 4.14. The van der Waals surface area contributed by atoms with Gasteiger partial charge in [0.05, 0.1) is 0 Å². The highest BCUT2D eigenvalue weighted by Crippen LogP contribution is 2.27. The number of hydrogen-bond donors (Lipinski definition) is 1. The summed E-state index contributed by atoms with van der Waals surface area (Å²) in [6.07, 6.45) is 8.85. The number of pyridine rings is 1. The van der Waals surface area contributed by atoms with Crippen molar-refractivity contribution in [3.05, 3.63) is 22.3 Å².